The number of nitrogens with zero attached hydrogens (tertiary/aromatic N) is 3. The van der Waals surface area contributed by atoms with E-state index in [9.17, 15) is 5.11 Å². The number of fused-ring (bicyclic) bond motifs is 1. The highest BCUT2D eigenvalue weighted by atomic mass is 16.3. The van der Waals surface area contributed by atoms with Crippen LogP contribution in [-0.2, 0) is 19.6 Å². The minimum absolute atomic E-state index is 0.371. The summed E-state index contributed by atoms with van der Waals surface area (Å²) >= 11 is 0. The standard InChI is InChI=1S/C16H21N3O2/c1-11-2-5-14(21-11)10-18-6-7-19-13(9-18)8-15(17-19)16(20)12-3-4-12/h2,5,8,12,16,20H,3-4,6-7,9-10H2,1H3. The van der Waals surface area contributed by atoms with Crippen LogP contribution in [0.4, 0.5) is 0 Å². The first-order valence-corrected chi connectivity index (χ1v) is 7.71. The van der Waals surface area contributed by atoms with Gasteiger partial charge in [-0.25, -0.2) is 0 Å². The maximum atomic E-state index is 10.2. The topological polar surface area (TPSA) is 54.4 Å². The average molecular weight is 287 g/mol. The van der Waals surface area contributed by atoms with Gasteiger partial charge in [0.2, 0.25) is 0 Å². The highest BCUT2D eigenvalue weighted by molar-refractivity contribution is 5.16. The summed E-state index contributed by atoms with van der Waals surface area (Å²) in [4.78, 5) is 2.36. The zero-order chi connectivity index (χ0) is 14.4. The Labute approximate surface area is 124 Å². The zero-order valence-electron chi connectivity index (χ0n) is 12.3. The van der Waals surface area contributed by atoms with Crippen LogP contribution in [0, 0.1) is 12.8 Å². The molecule has 0 radical (unpaired) electrons. The molecular formula is C16H21N3O2. The lowest BCUT2D eigenvalue weighted by atomic mass is 10.1. The highest BCUT2D eigenvalue weighted by Gasteiger charge is 2.33. The normalized spacial score (nSPS) is 20.5. The Balaban J connectivity index is 1.46. The van der Waals surface area contributed by atoms with E-state index in [2.05, 4.69) is 16.1 Å². The molecule has 2 aromatic rings. The van der Waals surface area contributed by atoms with Gasteiger partial charge < -0.3 is 9.52 Å². The number of aliphatic hydroxyl groups excluding tert-OH is 1. The van der Waals surface area contributed by atoms with E-state index in [1.807, 2.05) is 23.7 Å². The van der Waals surface area contributed by atoms with Crippen molar-refractivity contribution in [3.8, 4) is 0 Å². The van der Waals surface area contributed by atoms with Gasteiger partial charge in [0.1, 0.15) is 17.6 Å². The first kappa shape index (κ1) is 13.1. The Kier molecular flexibility index (Phi) is 3.12. The average Bonchev–Trinajstić information content (AvgIpc) is 3.11. The second-order valence-corrected chi connectivity index (χ2v) is 6.29. The predicted molar refractivity (Wildman–Crippen MR) is 77.5 cm³/mol. The van der Waals surface area contributed by atoms with E-state index in [4.69, 9.17) is 4.42 Å². The molecule has 1 atom stereocenters. The molecule has 0 aromatic carbocycles. The smallest absolute Gasteiger partial charge is 0.118 e. The molecule has 5 heteroatoms. The molecule has 5 nitrogen and oxygen atoms in total. The zero-order valence-corrected chi connectivity index (χ0v) is 12.3. The number of aromatic nitrogens is 2. The molecule has 0 saturated heterocycles. The SMILES string of the molecule is Cc1ccc(CN2CCn3nc(C(O)C4CC4)cc3C2)o1. The van der Waals surface area contributed by atoms with Gasteiger partial charge >= 0.3 is 0 Å². The Hall–Kier alpha value is -1.59. The monoisotopic (exact) mass is 287 g/mol. The summed E-state index contributed by atoms with van der Waals surface area (Å²) in [5, 5.41) is 14.8. The van der Waals surface area contributed by atoms with Crippen molar-refractivity contribution < 1.29 is 9.52 Å². The van der Waals surface area contributed by atoms with Gasteiger partial charge in [-0.3, -0.25) is 9.58 Å². The molecule has 0 spiro atoms. The van der Waals surface area contributed by atoms with Gasteiger partial charge in [-0.05, 0) is 43.9 Å². The van der Waals surface area contributed by atoms with Crippen molar-refractivity contribution in [3.05, 3.63) is 41.1 Å². The van der Waals surface area contributed by atoms with E-state index >= 15 is 0 Å². The first-order valence-electron chi connectivity index (χ1n) is 7.71. The molecule has 1 unspecified atom stereocenters. The number of furan rings is 1. The van der Waals surface area contributed by atoms with Crippen molar-refractivity contribution in [2.75, 3.05) is 6.54 Å². The van der Waals surface area contributed by atoms with Crippen molar-refractivity contribution >= 4 is 0 Å². The molecule has 1 N–H and O–H groups in total. The van der Waals surface area contributed by atoms with Crippen LogP contribution in [0.5, 0.6) is 0 Å². The third-order valence-electron chi connectivity index (χ3n) is 4.44. The van der Waals surface area contributed by atoms with E-state index in [-0.39, 0.29) is 6.10 Å². The molecule has 21 heavy (non-hydrogen) atoms. The van der Waals surface area contributed by atoms with Gasteiger partial charge in [0, 0.05) is 13.1 Å². The molecule has 2 aromatic heterocycles. The minimum Gasteiger partial charge on any atom is -0.465 e. The van der Waals surface area contributed by atoms with Crippen LogP contribution >= 0.6 is 0 Å². The van der Waals surface area contributed by atoms with Crippen LogP contribution in [0.15, 0.2) is 22.6 Å². The largest absolute Gasteiger partial charge is 0.465 e. The van der Waals surface area contributed by atoms with E-state index in [1.165, 1.54) is 5.69 Å². The molecule has 1 saturated carbocycles. The Morgan fingerprint density at radius 1 is 1.38 bits per heavy atom. The van der Waals surface area contributed by atoms with Crippen LogP contribution in [0.25, 0.3) is 0 Å². The molecule has 0 bridgehead atoms. The number of hydrogen-bond acceptors (Lipinski definition) is 4. The number of hydrogen-bond donors (Lipinski definition) is 1. The molecule has 4 rings (SSSR count). The quantitative estimate of drug-likeness (QED) is 0.937. The highest BCUT2D eigenvalue weighted by Crippen LogP contribution is 2.40. The molecular weight excluding hydrogens is 266 g/mol. The summed E-state index contributed by atoms with van der Waals surface area (Å²) in [6.07, 6.45) is 1.89. The molecule has 2 aliphatic rings. The van der Waals surface area contributed by atoms with Gasteiger partial charge in [-0.1, -0.05) is 0 Å². The Bertz CT molecular complexity index is 642. The predicted octanol–water partition coefficient (Wildman–Crippen LogP) is 2.24. The van der Waals surface area contributed by atoms with Gasteiger partial charge in [0.25, 0.3) is 0 Å². The number of rotatable bonds is 4. The molecule has 1 aliphatic carbocycles. The second-order valence-electron chi connectivity index (χ2n) is 6.29. The van der Waals surface area contributed by atoms with E-state index in [0.29, 0.717) is 5.92 Å². The maximum Gasteiger partial charge on any atom is 0.118 e. The third kappa shape index (κ3) is 2.63. The summed E-state index contributed by atoms with van der Waals surface area (Å²) in [5.41, 5.74) is 2.04. The summed E-state index contributed by atoms with van der Waals surface area (Å²) in [5.74, 6) is 2.41. The summed E-state index contributed by atoms with van der Waals surface area (Å²) in [6, 6.07) is 6.12. The summed E-state index contributed by atoms with van der Waals surface area (Å²) in [7, 11) is 0. The molecule has 112 valence electrons. The van der Waals surface area contributed by atoms with Crippen molar-refractivity contribution in [3.63, 3.8) is 0 Å². The Morgan fingerprint density at radius 2 is 2.24 bits per heavy atom. The van der Waals surface area contributed by atoms with Gasteiger partial charge in [-0.15, -0.1) is 0 Å². The fraction of sp³-hybridized carbons (Fsp3) is 0.562. The van der Waals surface area contributed by atoms with Crippen LogP contribution in [-0.4, -0.2) is 26.3 Å². The molecule has 0 amide bonds. The van der Waals surface area contributed by atoms with Crippen LogP contribution in [0.3, 0.4) is 0 Å². The lowest BCUT2D eigenvalue weighted by Gasteiger charge is -2.26. The minimum atomic E-state index is -0.371. The third-order valence-corrected chi connectivity index (χ3v) is 4.44. The van der Waals surface area contributed by atoms with Gasteiger partial charge in [0.05, 0.1) is 24.5 Å². The van der Waals surface area contributed by atoms with Crippen LogP contribution < -0.4 is 0 Å². The van der Waals surface area contributed by atoms with E-state index in [1.54, 1.807) is 0 Å². The van der Waals surface area contributed by atoms with Gasteiger partial charge in [0.15, 0.2) is 0 Å². The molecule has 1 fully saturated rings. The van der Waals surface area contributed by atoms with Crippen LogP contribution in [0.1, 0.15) is 41.9 Å². The van der Waals surface area contributed by atoms with Crippen molar-refractivity contribution in [2.24, 2.45) is 5.92 Å². The lowest BCUT2D eigenvalue weighted by Crippen LogP contribution is -2.33. The number of aryl methyl sites for hydroxylation is 1. The Morgan fingerprint density at radius 3 is 2.95 bits per heavy atom. The first-order chi connectivity index (χ1) is 10.2. The second kappa shape index (κ2) is 5.00. The summed E-state index contributed by atoms with van der Waals surface area (Å²) in [6.45, 7) is 5.52. The van der Waals surface area contributed by atoms with Gasteiger partial charge in [-0.2, -0.15) is 5.10 Å². The van der Waals surface area contributed by atoms with Crippen molar-refractivity contribution in [1.82, 2.24) is 14.7 Å². The van der Waals surface area contributed by atoms with Crippen molar-refractivity contribution in [2.45, 2.75) is 45.5 Å². The van der Waals surface area contributed by atoms with E-state index < -0.39 is 0 Å². The van der Waals surface area contributed by atoms with Crippen LogP contribution in [0.2, 0.25) is 0 Å². The fourth-order valence-corrected chi connectivity index (χ4v) is 3.07. The van der Waals surface area contributed by atoms with E-state index in [0.717, 1.165) is 56.2 Å². The summed E-state index contributed by atoms with van der Waals surface area (Å²) < 4.78 is 7.70. The lowest BCUT2D eigenvalue weighted by molar-refractivity contribution is 0.147. The fourth-order valence-electron chi connectivity index (χ4n) is 3.07. The van der Waals surface area contributed by atoms with Crippen molar-refractivity contribution in [1.29, 1.82) is 0 Å². The number of aliphatic hydroxyl groups is 1. The molecule has 3 heterocycles. The maximum absolute atomic E-state index is 10.2. The molecule has 1 aliphatic heterocycles.